The monoisotopic (exact) mass is 568 g/mol. The Morgan fingerprint density at radius 3 is 2.20 bits per heavy atom. The summed E-state index contributed by atoms with van der Waals surface area (Å²) in [5.74, 6) is 0.612. The molecule has 0 unspecified atom stereocenters. The summed E-state index contributed by atoms with van der Waals surface area (Å²) >= 11 is 0. The maximum Gasteiger partial charge on any atom is 0.227 e. The average molecular weight is 569 g/mol. The highest BCUT2D eigenvalue weighted by molar-refractivity contribution is 6.10. The zero-order valence-electron chi connectivity index (χ0n) is 24.4. The van der Waals surface area contributed by atoms with Crippen LogP contribution in [0.1, 0.15) is 25.0 Å². The summed E-state index contributed by atoms with van der Waals surface area (Å²) < 4.78 is 12.8. The predicted octanol–water partition coefficient (Wildman–Crippen LogP) is 11.2. The summed E-state index contributed by atoms with van der Waals surface area (Å²) in [7, 11) is 0. The Morgan fingerprint density at radius 2 is 1.30 bits per heavy atom. The molecule has 1 aliphatic rings. The van der Waals surface area contributed by atoms with Crippen molar-refractivity contribution in [3.8, 4) is 22.6 Å². The van der Waals surface area contributed by atoms with Gasteiger partial charge in [-0.25, -0.2) is 4.98 Å². The third-order valence-corrected chi connectivity index (χ3v) is 9.10. The number of hydrogen-bond donors (Lipinski definition) is 0. The highest BCUT2D eigenvalue weighted by Crippen LogP contribution is 2.51. The van der Waals surface area contributed by atoms with Gasteiger partial charge in [0, 0.05) is 33.1 Å². The summed E-state index contributed by atoms with van der Waals surface area (Å²) in [5.41, 5.74) is 12.4. The zero-order chi connectivity index (χ0) is 29.4. The first-order chi connectivity index (χ1) is 21.6. The number of rotatable bonds is 4. The molecule has 0 atom stereocenters. The Labute approximate surface area is 254 Å². The highest BCUT2D eigenvalue weighted by Gasteiger charge is 2.36. The third-order valence-electron chi connectivity index (χ3n) is 9.10. The molecule has 0 saturated carbocycles. The van der Waals surface area contributed by atoms with Crippen LogP contribution in [0.4, 0.5) is 17.1 Å². The SMILES string of the molecule is CC1(C)c2ccccc2-c2ccc(N(c3ccc4oc(-c5ccccc5)nc4c3)c3cccc4c3oc3ccccc34)cc21. The molecule has 0 fully saturated rings. The van der Waals surface area contributed by atoms with Gasteiger partial charge in [-0.2, -0.15) is 0 Å². The van der Waals surface area contributed by atoms with Crippen LogP contribution in [-0.4, -0.2) is 4.98 Å². The number of oxazole rings is 1. The number of furan rings is 1. The van der Waals surface area contributed by atoms with Crippen LogP contribution in [0.2, 0.25) is 0 Å². The van der Waals surface area contributed by atoms with Crippen LogP contribution in [0.25, 0.3) is 55.6 Å². The predicted molar refractivity (Wildman–Crippen MR) is 179 cm³/mol. The first kappa shape index (κ1) is 24.9. The topological polar surface area (TPSA) is 42.4 Å². The molecular formula is C40H28N2O2. The van der Waals surface area contributed by atoms with E-state index in [-0.39, 0.29) is 5.41 Å². The summed E-state index contributed by atoms with van der Waals surface area (Å²) in [5, 5.41) is 2.19. The normalized spacial score (nSPS) is 13.4. The number of para-hydroxylation sites is 2. The van der Waals surface area contributed by atoms with Crippen molar-refractivity contribution in [3.05, 3.63) is 145 Å². The van der Waals surface area contributed by atoms with E-state index in [4.69, 9.17) is 13.8 Å². The standard InChI is InChI=1S/C40H28N2O2/c1-40(2)32-16-8-6-13-28(32)29-21-19-26(23-33(29)40)42(35-17-10-15-31-30-14-7-9-18-36(30)43-38(31)35)27-20-22-37-34(24-27)41-39(44-37)25-11-4-3-5-12-25/h3-24H,1-2H3. The van der Waals surface area contributed by atoms with Crippen molar-refractivity contribution < 1.29 is 8.83 Å². The van der Waals surface area contributed by atoms with E-state index in [0.29, 0.717) is 5.89 Å². The van der Waals surface area contributed by atoms with Crippen molar-refractivity contribution in [2.45, 2.75) is 19.3 Å². The van der Waals surface area contributed by atoms with Crippen LogP contribution in [0.3, 0.4) is 0 Å². The molecule has 1 aliphatic carbocycles. The van der Waals surface area contributed by atoms with Crippen LogP contribution < -0.4 is 4.90 Å². The smallest absolute Gasteiger partial charge is 0.227 e. The van der Waals surface area contributed by atoms with E-state index in [9.17, 15) is 0 Å². The van der Waals surface area contributed by atoms with Crippen molar-refractivity contribution in [1.82, 2.24) is 4.98 Å². The van der Waals surface area contributed by atoms with Gasteiger partial charge in [-0.15, -0.1) is 0 Å². The Kier molecular flexibility index (Phi) is 5.21. The number of fused-ring (bicyclic) bond motifs is 7. The molecule has 4 nitrogen and oxygen atoms in total. The maximum atomic E-state index is 6.57. The van der Waals surface area contributed by atoms with E-state index < -0.39 is 0 Å². The van der Waals surface area contributed by atoms with Gasteiger partial charge >= 0.3 is 0 Å². The fourth-order valence-corrected chi connectivity index (χ4v) is 6.93. The van der Waals surface area contributed by atoms with E-state index in [0.717, 1.165) is 55.7 Å². The number of hydrogen-bond acceptors (Lipinski definition) is 4. The third kappa shape index (κ3) is 3.61. The number of aromatic nitrogens is 1. The van der Waals surface area contributed by atoms with Gasteiger partial charge < -0.3 is 13.7 Å². The molecule has 0 amide bonds. The second-order valence-electron chi connectivity index (χ2n) is 12.0. The highest BCUT2D eigenvalue weighted by atomic mass is 16.3. The van der Waals surface area contributed by atoms with Crippen molar-refractivity contribution in [2.75, 3.05) is 4.90 Å². The molecule has 0 N–H and O–H groups in total. The molecule has 44 heavy (non-hydrogen) atoms. The molecular weight excluding hydrogens is 540 g/mol. The second-order valence-corrected chi connectivity index (χ2v) is 12.0. The van der Waals surface area contributed by atoms with Gasteiger partial charge in [0.05, 0.1) is 5.69 Å². The Hall–Kier alpha value is -5.61. The Bertz CT molecular complexity index is 2380. The van der Waals surface area contributed by atoms with Crippen molar-refractivity contribution in [3.63, 3.8) is 0 Å². The lowest BCUT2D eigenvalue weighted by molar-refractivity contribution is 0.620. The first-order valence-corrected chi connectivity index (χ1v) is 15.0. The summed E-state index contributed by atoms with van der Waals surface area (Å²) in [4.78, 5) is 7.19. The van der Waals surface area contributed by atoms with E-state index >= 15 is 0 Å². The summed E-state index contributed by atoms with van der Waals surface area (Å²) in [6.45, 7) is 4.64. The van der Waals surface area contributed by atoms with Gasteiger partial charge in [0.1, 0.15) is 11.1 Å². The molecule has 0 aliphatic heterocycles. The first-order valence-electron chi connectivity index (χ1n) is 15.0. The van der Waals surface area contributed by atoms with Crippen LogP contribution in [-0.2, 0) is 5.41 Å². The number of anilines is 3. The van der Waals surface area contributed by atoms with Gasteiger partial charge in [-0.3, -0.25) is 0 Å². The molecule has 0 radical (unpaired) electrons. The molecule has 8 aromatic rings. The van der Waals surface area contributed by atoms with Gasteiger partial charge in [0.25, 0.3) is 0 Å². The van der Waals surface area contributed by atoms with Gasteiger partial charge in [-0.1, -0.05) is 92.7 Å². The minimum atomic E-state index is -0.125. The van der Waals surface area contributed by atoms with Gasteiger partial charge in [-0.05, 0) is 76.9 Å². The van der Waals surface area contributed by atoms with Crippen LogP contribution in [0.5, 0.6) is 0 Å². The van der Waals surface area contributed by atoms with E-state index in [1.165, 1.54) is 22.3 Å². The maximum absolute atomic E-state index is 6.57. The van der Waals surface area contributed by atoms with Crippen LogP contribution in [0.15, 0.2) is 142 Å². The van der Waals surface area contributed by atoms with Crippen LogP contribution >= 0.6 is 0 Å². The lowest BCUT2D eigenvalue weighted by atomic mass is 9.82. The number of benzene rings is 6. The fourth-order valence-electron chi connectivity index (χ4n) is 6.93. The summed E-state index contributed by atoms with van der Waals surface area (Å²) in [6, 6.07) is 46.5. The molecule has 6 aromatic carbocycles. The lowest BCUT2D eigenvalue weighted by Gasteiger charge is -2.28. The molecule has 210 valence electrons. The minimum Gasteiger partial charge on any atom is -0.454 e. The quantitative estimate of drug-likeness (QED) is 0.212. The van der Waals surface area contributed by atoms with E-state index in [1.54, 1.807) is 0 Å². The summed E-state index contributed by atoms with van der Waals surface area (Å²) in [6.07, 6.45) is 0. The molecule has 4 heteroatoms. The molecule has 2 aromatic heterocycles. The van der Waals surface area contributed by atoms with E-state index in [2.05, 4.69) is 104 Å². The van der Waals surface area contributed by atoms with E-state index in [1.807, 2.05) is 48.5 Å². The zero-order valence-corrected chi connectivity index (χ0v) is 24.4. The largest absolute Gasteiger partial charge is 0.454 e. The molecule has 0 spiro atoms. The van der Waals surface area contributed by atoms with Crippen LogP contribution in [0, 0.1) is 0 Å². The van der Waals surface area contributed by atoms with Gasteiger partial charge in [0.15, 0.2) is 11.2 Å². The fraction of sp³-hybridized carbons (Fsp3) is 0.0750. The molecule has 0 saturated heterocycles. The lowest BCUT2D eigenvalue weighted by Crippen LogP contribution is -2.16. The molecule has 9 rings (SSSR count). The average Bonchev–Trinajstić information content (AvgIpc) is 3.73. The van der Waals surface area contributed by atoms with Gasteiger partial charge in [0.2, 0.25) is 5.89 Å². The Morgan fingerprint density at radius 1 is 0.568 bits per heavy atom. The minimum absolute atomic E-state index is 0.125. The molecule has 0 bridgehead atoms. The molecule has 2 heterocycles. The number of nitrogens with zero attached hydrogens (tertiary/aromatic N) is 2. The van der Waals surface area contributed by atoms with Crippen molar-refractivity contribution in [2.24, 2.45) is 0 Å². The second kappa shape index (κ2) is 9.19. The Balaban J connectivity index is 1.28. The van der Waals surface area contributed by atoms with Crippen molar-refractivity contribution >= 4 is 50.1 Å². The van der Waals surface area contributed by atoms with Crippen molar-refractivity contribution in [1.29, 1.82) is 0 Å².